The van der Waals surface area contributed by atoms with Crippen LogP contribution in [0.25, 0.3) is 6.08 Å². The van der Waals surface area contributed by atoms with E-state index in [1.54, 1.807) is 24.3 Å². The molecule has 0 saturated heterocycles. The summed E-state index contributed by atoms with van der Waals surface area (Å²) in [5.41, 5.74) is 1.52. The van der Waals surface area contributed by atoms with Crippen LogP contribution in [-0.2, 0) is 11.2 Å². The van der Waals surface area contributed by atoms with Gasteiger partial charge in [0.25, 0.3) is 5.91 Å². The molecule has 3 rings (SSSR count). The maximum absolute atomic E-state index is 12.4. The molecule has 0 aliphatic heterocycles. The SMILES string of the molecule is CCOc1cc(/C=C/C(=O)c2ccc(CC)s2)ccc1OCC(=O)Nc1ccccc1. The highest BCUT2D eigenvalue weighted by molar-refractivity contribution is 7.14. The Morgan fingerprint density at radius 2 is 1.77 bits per heavy atom. The molecule has 1 heterocycles. The third-order valence-corrected chi connectivity index (χ3v) is 5.61. The molecule has 0 radical (unpaired) electrons. The summed E-state index contributed by atoms with van der Waals surface area (Å²) < 4.78 is 11.3. The van der Waals surface area contributed by atoms with E-state index < -0.39 is 0 Å². The van der Waals surface area contributed by atoms with Gasteiger partial charge in [-0.2, -0.15) is 0 Å². The van der Waals surface area contributed by atoms with Gasteiger partial charge in [0.1, 0.15) is 0 Å². The summed E-state index contributed by atoms with van der Waals surface area (Å²) in [4.78, 5) is 26.4. The average Bonchev–Trinajstić information content (AvgIpc) is 3.27. The Morgan fingerprint density at radius 1 is 0.968 bits per heavy atom. The number of anilines is 1. The summed E-state index contributed by atoms with van der Waals surface area (Å²) in [5, 5.41) is 2.78. The number of hydrogen-bond donors (Lipinski definition) is 1. The highest BCUT2D eigenvalue weighted by Gasteiger charge is 2.10. The molecule has 1 amide bonds. The largest absolute Gasteiger partial charge is 0.490 e. The van der Waals surface area contributed by atoms with Gasteiger partial charge >= 0.3 is 0 Å². The van der Waals surface area contributed by atoms with Gasteiger partial charge < -0.3 is 14.8 Å². The molecular formula is C25H25NO4S. The number of ketones is 1. The van der Waals surface area contributed by atoms with E-state index in [1.807, 2.05) is 55.5 Å². The van der Waals surface area contributed by atoms with Gasteiger partial charge in [-0.1, -0.05) is 37.3 Å². The number of aryl methyl sites for hydroxylation is 1. The number of hydrogen-bond acceptors (Lipinski definition) is 5. The molecule has 6 heteroatoms. The fourth-order valence-electron chi connectivity index (χ4n) is 2.83. The van der Waals surface area contributed by atoms with Crippen molar-refractivity contribution in [2.75, 3.05) is 18.5 Å². The number of benzene rings is 2. The minimum absolute atomic E-state index is 0.0273. The molecule has 2 aromatic carbocycles. The van der Waals surface area contributed by atoms with Crippen LogP contribution in [-0.4, -0.2) is 24.9 Å². The van der Waals surface area contributed by atoms with Crippen LogP contribution in [0.2, 0.25) is 0 Å². The lowest BCUT2D eigenvalue weighted by Crippen LogP contribution is -2.20. The summed E-state index contributed by atoms with van der Waals surface area (Å²) in [5.74, 6) is 0.708. The van der Waals surface area contributed by atoms with Gasteiger partial charge in [0.2, 0.25) is 0 Å². The predicted octanol–water partition coefficient (Wildman–Crippen LogP) is 5.62. The molecular weight excluding hydrogens is 410 g/mol. The zero-order chi connectivity index (χ0) is 22.1. The molecule has 3 aromatic rings. The van der Waals surface area contributed by atoms with Gasteiger partial charge in [-0.25, -0.2) is 0 Å². The van der Waals surface area contributed by atoms with E-state index in [-0.39, 0.29) is 18.3 Å². The second-order valence-electron chi connectivity index (χ2n) is 6.66. The maximum atomic E-state index is 12.4. The van der Waals surface area contributed by atoms with Gasteiger partial charge in [0.05, 0.1) is 11.5 Å². The van der Waals surface area contributed by atoms with Crippen molar-refractivity contribution >= 4 is 34.8 Å². The van der Waals surface area contributed by atoms with Crippen LogP contribution in [0.5, 0.6) is 11.5 Å². The van der Waals surface area contributed by atoms with E-state index in [1.165, 1.54) is 16.2 Å². The van der Waals surface area contributed by atoms with Crippen molar-refractivity contribution in [1.29, 1.82) is 0 Å². The number of amides is 1. The van der Waals surface area contributed by atoms with Gasteiger partial charge in [-0.05, 0) is 61.4 Å². The second kappa shape index (κ2) is 11.1. The lowest BCUT2D eigenvalue weighted by molar-refractivity contribution is -0.118. The Hall–Kier alpha value is -3.38. The van der Waals surface area contributed by atoms with Crippen LogP contribution in [0, 0.1) is 0 Å². The van der Waals surface area contributed by atoms with Crippen molar-refractivity contribution in [2.45, 2.75) is 20.3 Å². The van der Waals surface area contributed by atoms with Crippen molar-refractivity contribution < 1.29 is 19.1 Å². The Balaban J connectivity index is 1.64. The van der Waals surface area contributed by atoms with E-state index in [4.69, 9.17) is 9.47 Å². The fourth-order valence-corrected chi connectivity index (χ4v) is 3.70. The number of nitrogens with one attached hydrogen (secondary N) is 1. The van der Waals surface area contributed by atoms with Crippen molar-refractivity contribution in [3.8, 4) is 11.5 Å². The van der Waals surface area contributed by atoms with Gasteiger partial charge in [-0.15, -0.1) is 11.3 Å². The Bertz CT molecular complexity index is 1060. The fraction of sp³-hybridized carbons (Fsp3) is 0.200. The lowest BCUT2D eigenvalue weighted by Gasteiger charge is -2.12. The molecule has 0 aliphatic carbocycles. The number of rotatable bonds is 10. The van der Waals surface area contributed by atoms with Crippen LogP contribution in [0.1, 0.15) is 34.0 Å². The van der Waals surface area contributed by atoms with Crippen LogP contribution in [0.4, 0.5) is 5.69 Å². The third kappa shape index (κ3) is 6.55. The van der Waals surface area contributed by atoms with E-state index in [2.05, 4.69) is 12.2 Å². The highest BCUT2D eigenvalue weighted by Crippen LogP contribution is 2.29. The molecule has 0 spiro atoms. The lowest BCUT2D eigenvalue weighted by atomic mass is 10.1. The number of carbonyl (C=O) groups excluding carboxylic acids is 2. The third-order valence-electron chi connectivity index (χ3n) is 4.36. The summed E-state index contributed by atoms with van der Waals surface area (Å²) in [7, 11) is 0. The summed E-state index contributed by atoms with van der Waals surface area (Å²) >= 11 is 1.52. The van der Waals surface area contributed by atoms with E-state index in [0.717, 1.165) is 16.9 Å². The average molecular weight is 436 g/mol. The normalized spacial score (nSPS) is 10.8. The van der Waals surface area contributed by atoms with E-state index in [0.29, 0.717) is 23.8 Å². The maximum Gasteiger partial charge on any atom is 0.262 e. The van der Waals surface area contributed by atoms with E-state index >= 15 is 0 Å². The summed E-state index contributed by atoms with van der Waals surface area (Å²) in [6, 6.07) is 18.4. The van der Waals surface area contributed by atoms with Crippen molar-refractivity contribution in [3.05, 3.63) is 82.1 Å². The minimum Gasteiger partial charge on any atom is -0.490 e. The Morgan fingerprint density at radius 3 is 2.48 bits per heavy atom. The molecule has 0 aliphatic rings. The molecule has 31 heavy (non-hydrogen) atoms. The highest BCUT2D eigenvalue weighted by atomic mass is 32.1. The molecule has 0 saturated carbocycles. The van der Waals surface area contributed by atoms with Gasteiger partial charge in [-0.3, -0.25) is 9.59 Å². The first-order valence-electron chi connectivity index (χ1n) is 10.1. The van der Waals surface area contributed by atoms with Crippen LogP contribution in [0.15, 0.2) is 66.7 Å². The van der Waals surface area contributed by atoms with Crippen LogP contribution in [0.3, 0.4) is 0 Å². The van der Waals surface area contributed by atoms with Gasteiger partial charge in [0, 0.05) is 10.6 Å². The monoisotopic (exact) mass is 435 g/mol. The first kappa shape index (κ1) is 22.3. The molecule has 0 atom stereocenters. The number of allylic oxidation sites excluding steroid dienone is 1. The summed E-state index contributed by atoms with van der Waals surface area (Å²) in [6.45, 7) is 4.26. The van der Waals surface area contributed by atoms with Crippen molar-refractivity contribution in [2.24, 2.45) is 0 Å². The minimum atomic E-state index is -0.259. The molecule has 0 fully saturated rings. The Labute approximate surface area is 186 Å². The van der Waals surface area contributed by atoms with E-state index in [9.17, 15) is 9.59 Å². The quantitative estimate of drug-likeness (QED) is 0.331. The van der Waals surface area contributed by atoms with Crippen LogP contribution < -0.4 is 14.8 Å². The number of thiophene rings is 1. The first-order valence-corrected chi connectivity index (χ1v) is 11.0. The van der Waals surface area contributed by atoms with Gasteiger partial charge in [0.15, 0.2) is 23.9 Å². The molecule has 1 aromatic heterocycles. The van der Waals surface area contributed by atoms with Crippen molar-refractivity contribution in [1.82, 2.24) is 0 Å². The molecule has 0 bridgehead atoms. The second-order valence-corrected chi connectivity index (χ2v) is 7.83. The number of carbonyl (C=O) groups is 2. The topological polar surface area (TPSA) is 64.6 Å². The zero-order valence-electron chi connectivity index (χ0n) is 17.6. The molecule has 5 nitrogen and oxygen atoms in total. The standard InChI is InChI=1S/C25H25NO4S/c1-3-20-12-15-24(31-20)21(27)13-10-18-11-14-22(23(16-18)29-4-2)30-17-25(28)26-19-8-6-5-7-9-19/h5-16H,3-4,17H2,1-2H3,(H,26,28)/b13-10+. The smallest absolute Gasteiger partial charge is 0.262 e. The van der Waals surface area contributed by atoms with Crippen molar-refractivity contribution in [3.63, 3.8) is 0 Å². The first-order chi connectivity index (χ1) is 15.1. The van der Waals surface area contributed by atoms with Crippen LogP contribution >= 0.6 is 11.3 Å². The Kier molecular flexibility index (Phi) is 8.01. The summed E-state index contributed by atoms with van der Waals surface area (Å²) in [6.07, 6.45) is 4.23. The molecule has 160 valence electrons. The molecule has 0 unspecified atom stereocenters. The number of para-hydroxylation sites is 1. The predicted molar refractivity (Wildman–Crippen MR) is 125 cm³/mol. The zero-order valence-corrected chi connectivity index (χ0v) is 18.4. The molecule has 1 N–H and O–H groups in total. The number of ether oxygens (including phenoxy) is 2.